The minimum Gasteiger partial charge on any atom is -0.444 e. The van der Waals surface area contributed by atoms with Gasteiger partial charge < -0.3 is 15.4 Å². The predicted molar refractivity (Wildman–Crippen MR) is 82.0 cm³/mol. The van der Waals surface area contributed by atoms with Crippen LogP contribution in [0.15, 0.2) is 17.5 Å². The van der Waals surface area contributed by atoms with Crippen molar-refractivity contribution in [1.82, 2.24) is 10.6 Å². The lowest BCUT2D eigenvalue weighted by Crippen LogP contribution is -2.53. The van der Waals surface area contributed by atoms with Crippen LogP contribution < -0.4 is 10.6 Å². The molecule has 1 saturated carbocycles. The van der Waals surface area contributed by atoms with E-state index in [2.05, 4.69) is 35.1 Å². The molecule has 0 spiro atoms. The van der Waals surface area contributed by atoms with Crippen LogP contribution in [-0.4, -0.2) is 23.8 Å². The Hall–Kier alpha value is -1.07. The van der Waals surface area contributed by atoms with Crippen LogP contribution in [0.1, 0.15) is 51.5 Å². The number of carbonyl (C=O) groups excluding carboxylic acids is 1. The Morgan fingerprint density at radius 3 is 2.65 bits per heavy atom. The molecule has 1 aromatic heterocycles. The Kier molecular flexibility index (Phi) is 4.70. The summed E-state index contributed by atoms with van der Waals surface area (Å²) in [5, 5.41) is 8.60. The van der Waals surface area contributed by atoms with Crippen LogP contribution in [-0.2, 0) is 4.74 Å². The molecule has 1 fully saturated rings. The molecule has 0 radical (unpaired) electrons. The molecule has 2 N–H and O–H groups in total. The van der Waals surface area contributed by atoms with E-state index in [1.165, 1.54) is 4.88 Å². The Morgan fingerprint density at radius 2 is 2.10 bits per heavy atom. The lowest BCUT2D eigenvalue weighted by atomic mass is 9.86. The number of rotatable bonds is 4. The summed E-state index contributed by atoms with van der Waals surface area (Å²) in [5.74, 6) is 0. The summed E-state index contributed by atoms with van der Waals surface area (Å²) >= 11 is 1.77. The van der Waals surface area contributed by atoms with Crippen molar-refractivity contribution in [2.45, 2.75) is 64.3 Å². The highest BCUT2D eigenvalue weighted by molar-refractivity contribution is 7.10. The van der Waals surface area contributed by atoms with Gasteiger partial charge in [-0.15, -0.1) is 11.3 Å². The molecule has 1 aliphatic rings. The van der Waals surface area contributed by atoms with Crippen LogP contribution in [0.2, 0.25) is 0 Å². The molecule has 1 aromatic rings. The SMILES string of the molecule is C[C@@H](NC1CC(NC(=O)OC(C)(C)C)C1)c1cccs1. The topological polar surface area (TPSA) is 50.4 Å². The van der Waals surface area contributed by atoms with Gasteiger partial charge in [-0.3, -0.25) is 0 Å². The summed E-state index contributed by atoms with van der Waals surface area (Å²) in [6.45, 7) is 7.81. The molecule has 0 bridgehead atoms. The van der Waals surface area contributed by atoms with Crippen LogP contribution in [0.4, 0.5) is 4.79 Å². The van der Waals surface area contributed by atoms with E-state index in [-0.39, 0.29) is 12.1 Å². The van der Waals surface area contributed by atoms with Crippen LogP contribution in [0.3, 0.4) is 0 Å². The van der Waals surface area contributed by atoms with E-state index in [0.717, 1.165) is 12.8 Å². The second kappa shape index (κ2) is 6.14. The molecular weight excluding hydrogens is 272 g/mol. The van der Waals surface area contributed by atoms with Gasteiger partial charge in [-0.25, -0.2) is 4.79 Å². The van der Waals surface area contributed by atoms with Gasteiger partial charge in [-0.05, 0) is 52.0 Å². The van der Waals surface area contributed by atoms with Crippen molar-refractivity contribution in [3.05, 3.63) is 22.4 Å². The number of alkyl carbamates (subject to hydrolysis) is 1. The maximum Gasteiger partial charge on any atom is 0.407 e. The number of hydrogen-bond acceptors (Lipinski definition) is 4. The lowest BCUT2D eigenvalue weighted by Gasteiger charge is -2.38. The highest BCUT2D eigenvalue weighted by Crippen LogP contribution is 2.25. The van der Waals surface area contributed by atoms with E-state index in [9.17, 15) is 4.79 Å². The summed E-state index contributed by atoms with van der Waals surface area (Å²) in [6.07, 6.45) is 1.62. The van der Waals surface area contributed by atoms with Crippen molar-refractivity contribution in [2.75, 3.05) is 0 Å². The fourth-order valence-corrected chi connectivity index (χ4v) is 3.06. The number of amides is 1. The second-order valence-corrected chi connectivity index (χ2v) is 7.39. The second-order valence-electron chi connectivity index (χ2n) is 6.42. The summed E-state index contributed by atoms with van der Waals surface area (Å²) in [4.78, 5) is 13.0. The average molecular weight is 296 g/mol. The molecule has 0 saturated heterocycles. The van der Waals surface area contributed by atoms with Crippen LogP contribution in [0.5, 0.6) is 0 Å². The summed E-state index contributed by atoms with van der Waals surface area (Å²) in [7, 11) is 0. The maximum absolute atomic E-state index is 11.6. The normalized spacial score (nSPS) is 23.8. The minimum atomic E-state index is -0.431. The van der Waals surface area contributed by atoms with E-state index in [0.29, 0.717) is 12.1 Å². The van der Waals surface area contributed by atoms with Crippen molar-refractivity contribution in [3.63, 3.8) is 0 Å². The van der Waals surface area contributed by atoms with Gasteiger partial charge in [-0.1, -0.05) is 6.07 Å². The molecule has 20 heavy (non-hydrogen) atoms. The molecular formula is C15H24N2O2S. The first-order valence-corrected chi connectivity index (χ1v) is 8.00. The predicted octanol–water partition coefficient (Wildman–Crippen LogP) is 3.45. The van der Waals surface area contributed by atoms with Crippen molar-refractivity contribution in [2.24, 2.45) is 0 Å². The third-order valence-electron chi connectivity index (χ3n) is 3.31. The smallest absolute Gasteiger partial charge is 0.407 e. The highest BCUT2D eigenvalue weighted by atomic mass is 32.1. The third-order valence-corrected chi connectivity index (χ3v) is 4.37. The number of hydrogen-bond donors (Lipinski definition) is 2. The number of thiophene rings is 1. The van der Waals surface area contributed by atoms with Gasteiger partial charge in [-0.2, -0.15) is 0 Å². The van der Waals surface area contributed by atoms with Gasteiger partial charge in [0.15, 0.2) is 0 Å². The summed E-state index contributed by atoms with van der Waals surface area (Å²) < 4.78 is 5.25. The lowest BCUT2D eigenvalue weighted by molar-refractivity contribution is 0.0463. The summed E-state index contributed by atoms with van der Waals surface area (Å²) in [6, 6.07) is 5.32. The molecule has 1 heterocycles. The largest absolute Gasteiger partial charge is 0.444 e. The Balaban J connectivity index is 1.66. The van der Waals surface area contributed by atoms with Gasteiger partial charge in [0.25, 0.3) is 0 Å². The highest BCUT2D eigenvalue weighted by Gasteiger charge is 2.32. The van der Waals surface area contributed by atoms with Gasteiger partial charge >= 0.3 is 6.09 Å². The fourth-order valence-electron chi connectivity index (χ4n) is 2.32. The van der Waals surface area contributed by atoms with Crippen LogP contribution in [0.25, 0.3) is 0 Å². The van der Waals surface area contributed by atoms with Crippen molar-refractivity contribution in [3.8, 4) is 0 Å². The van der Waals surface area contributed by atoms with E-state index in [4.69, 9.17) is 4.74 Å². The molecule has 1 atom stereocenters. The zero-order chi connectivity index (χ0) is 14.8. The maximum atomic E-state index is 11.6. The molecule has 112 valence electrons. The molecule has 0 aliphatic heterocycles. The molecule has 2 rings (SSSR count). The molecule has 0 aromatic carbocycles. The minimum absolute atomic E-state index is 0.234. The summed E-state index contributed by atoms with van der Waals surface area (Å²) in [5.41, 5.74) is -0.431. The van der Waals surface area contributed by atoms with Crippen LogP contribution >= 0.6 is 11.3 Å². The van der Waals surface area contributed by atoms with Crippen molar-refractivity contribution in [1.29, 1.82) is 0 Å². The van der Waals surface area contributed by atoms with Crippen LogP contribution in [0, 0.1) is 0 Å². The zero-order valence-electron chi connectivity index (χ0n) is 12.6. The van der Waals surface area contributed by atoms with Gasteiger partial charge in [0, 0.05) is 23.0 Å². The first-order chi connectivity index (χ1) is 9.33. The molecule has 0 unspecified atom stereocenters. The van der Waals surface area contributed by atoms with E-state index in [1.54, 1.807) is 11.3 Å². The van der Waals surface area contributed by atoms with Crippen molar-refractivity contribution >= 4 is 17.4 Å². The monoisotopic (exact) mass is 296 g/mol. The van der Waals surface area contributed by atoms with Gasteiger partial charge in [0.1, 0.15) is 5.60 Å². The molecule has 4 nitrogen and oxygen atoms in total. The fraction of sp³-hybridized carbons (Fsp3) is 0.667. The number of carbonyl (C=O) groups is 1. The van der Waals surface area contributed by atoms with E-state index >= 15 is 0 Å². The standard InChI is InChI=1S/C15H24N2O2S/c1-10(13-6-5-7-20-13)16-11-8-12(9-11)17-14(18)19-15(2,3)4/h5-7,10-12,16H,8-9H2,1-4H3,(H,17,18)/t10-,11?,12?/m1/s1. The van der Waals surface area contributed by atoms with Crippen molar-refractivity contribution < 1.29 is 9.53 Å². The number of ether oxygens (including phenoxy) is 1. The Morgan fingerprint density at radius 1 is 1.40 bits per heavy atom. The Bertz CT molecular complexity index is 433. The molecule has 1 aliphatic carbocycles. The average Bonchev–Trinajstić information content (AvgIpc) is 2.76. The first kappa shape index (κ1) is 15.3. The molecule has 5 heteroatoms. The van der Waals surface area contributed by atoms with E-state index in [1.807, 2.05) is 20.8 Å². The van der Waals surface area contributed by atoms with Gasteiger partial charge in [0.05, 0.1) is 0 Å². The van der Waals surface area contributed by atoms with Gasteiger partial charge in [0.2, 0.25) is 0 Å². The first-order valence-electron chi connectivity index (χ1n) is 7.12. The van der Waals surface area contributed by atoms with E-state index < -0.39 is 5.60 Å². The number of nitrogens with one attached hydrogen (secondary N) is 2. The zero-order valence-corrected chi connectivity index (χ0v) is 13.4. The third kappa shape index (κ3) is 4.49. The Labute approximate surface area is 124 Å². The quantitative estimate of drug-likeness (QED) is 0.894. The molecule has 1 amide bonds.